The molecule has 1 amide bonds. The van der Waals surface area contributed by atoms with Crippen LogP contribution in [0.1, 0.15) is 34.6 Å². The molecule has 4 rings (SSSR count). The average molecular weight is 407 g/mol. The number of thiophene rings is 1. The van der Waals surface area contributed by atoms with Crippen LogP contribution >= 0.6 is 11.3 Å². The first-order chi connectivity index (χ1) is 14.1. The van der Waals surface area contributed by atoms with E-state index in [4.69, 9.17) is 9.62 Å². The summed E-state index contributed by atoms with van der Waals surface area (Å²) in [6.07, 6.45) is 2.50. The molecule has 0 saturated heterocycles. The molecule has 7 nitrogen and oxygen atoms in total. The van der Waals surface area contributed by atoms with Crippen LogP contribution in [0.15, 0.2) is 58.6 Å². The number of hydrogen-bond acceptors (Lipinski definition) is 6. The van der Waals surface area contributed by atoms with E-state index in [0.717, 1.165) is 10.4 Å². The van der Waals surface area contributed by atoms with Gasteiger partial charge >= 0.3 is 0 Å². The van der Waals surface area contributed by atoms with Crippen molar-refractivity contribution in [3.05, 3.63) is 76.9 Å². The SMILES string of the molecule is CCc1noc(CN(C)C(=O)c2cn(Cc3ccccc3)nc2-c2cccs2)n1. The summed E-state index contributed by atoms with van der Waals surface area (Å²) < 4.78 is 7.04. The lowest BCUT2D eigenvalue weighted by atomic mass is 10.2. The minimum Gasteiger partial charge on any atom is -0.337 e. The molecular formula is C21H21N5O2S. The molecule has 0 radical (unpaired) electrons. The van der Waals surface area contributed by atoms with Gasteiger partial charge in [-0.3, -0.25) is 9.48 Å². The minimum atomic E-state index is -0.135. The van der Waals surface area contributed by atoms with Crippen molar-refractivity contribution in [2.45, 2.75) is 26.4 Å². The lowest BCUT2D eigenvalue weighted by Crippen LogP contribution is -2.26. The largest absolute Gasteiger partial charge is 0.337 e. The normalized spacial score (nSPS) is 11.0. The summed E-state index contributed by atoms with van der Waals surface area (Å²) in [7, 11) is 1.73. The molecule has 0 unspecified atom stereocenters. The summed E-state index contributed by atoms with van der Waals surface area (Å²) in [5, 5.41) is 10.6. The smallest absolute Gasteiger partial charge is 0.257 e. The fourth-order valence-corrected chi connectivity index (χ4v) is 3.73. The molecule has 0 bridgehead atoms. The first-order valence-corrected chi connectivity index (χ1v) is 10.2. The van der Waals surface area contributed by atoms with Gasteiger partial charge in [0.05, 0.1) is 23.5 Å². The minimum absolute atomic E-state index is 0.135. The Labute approximate surface area is 172 Å². The second-order valence-electron chi connectivity index (χ2n) is 6.67. The number of aromatic nitrogens is 4. The number of carbonyl (C=O) groups excluding carboxylic acids is 1. The Morgan fingerprint density at radius 1 is 1.21 bits per heavy atom. The molecule has 3 heterocycles. The molecule has 29 heavy (non-hydrogen) atoms. The van der Waals surface area contributed by atoms with Crippen LogP contribution in [0.25, 0.3) is 10.6 Å². The molecule has 0 fully saturated rings. The van der Waals surface area contributed by atoms with Crippen LogP contribution in [0.3, 0.4) is 0 Å². The van der Waals surface area contributed by atoms with Crippen molar-refractivity contribution in [3.63, 3.8) is 0 Å². The maximum Gasteiger partial charge on any atom is 0.257 e. The van der Waals surface area contributed by atoms with Crippen LogP contribution in [0.5, 0.6) is 0 Å². The zero-order chi connectivity index (χ0) is 20.2. The van der Waals surface area contributed by atoms with Gasteiger partial charge in [-0.1, -0.05) is 48.5 Å². The Balaban J connectivity index is 1.61. The lowest BCUT2D eigenvalue weighted by Gasteiger charge is -2.14. The number of hydrogen-bond donors (Lipinski definition) is 0. The Morgan fingerprint density at radius 2 is 2.03 bits per heavy atom. The quantitative estimate of drug-likeness (QED) is 0.465. The molecule has 0 spiro atoms. The summed E-state index contributed by atoms with van der Waals surface area (Å²) in [5.74, 6) is 0.923. The van der Waals surface area contributed by atoms with Crippen LogP contribution in [0.2, 0.25) is 0 Å². The maximum absolute atomic E-state index is 13.2. The second kappa shape index (κ2) is 8.40. The van der Waals surface area contributed by atoms with Gasteiger partial charge < -0.3 is 9.42 Å². The molecule has 0 N–H and O–H groups in total. The van der Waals surface area contributed by atoms with E-state index in [1.807, 2.05) is 65.6 Å². The summed E-state index contributed by atoms with van der Waals surface area (Å²) in [6.45, 7) is 2.80. The van der Waals surface area contributed by atoms with Crippen molar-refractivity contribution in [3.8, 4) is 10.6 Å². The third-order valence-electron chi connectivity index (χ3n) is 4.48. The Bertz CT molecular complexity index is 1090. The van der Waals surface area contributed by atoms with Crippen LogP contribution < -0.4 is 0 Å². The standard InChI is InChI=1S/C21H21N5O2S/c1-3-18-22-19(28-24-18)14-25(2)21(27)16-13-26(12-15-8-5-4-6-9-15)23-20(16)17-10-7-11-29-17/h4-11,13H,3,12,14H2,1-2H3. The first-order valence-electron chi connectivity index (χ1n) is 9.36. The van der Waals surface area contributed by atoms with E-state index in [1.54, 1.807) is 23.3 Å². The second-order valence-corrected chi connectivity index (χ2v) is 7.62. The number of amides is 1. The molecular weight excluding hydrogens is 386 g/mol. The average Bonchev–Trinajstić information content (AvgIpc) is 3.48. The third kappa shape index (κ3) is 4.27. The predicted octanol–water partition coefficient (Wildman–Crippen LogP) is 3.88. The maximum atomic E-state index is 13.2. The third-order valence-corrected chi connectivity index (χ3v) is 5.36. The number of benzene rings is 1. The highest BCUT2D eigenvalue weighted by atomic mass is 32.1. The highest BCUT2D eigenvalue weighted by Gasteiger charge is 2.23. The van der Waals surface area contributed by atoms with Crippen LogP contribution in [0, 0.1) is 0 Å². The zero-order valence-corrected chi connectivity index (χ0v) is 17.1. The van der Waals surface area contributed by atoms with Gasteiger partial charge in [-0.05, 0) is 17.0 Å². The van der Waals surface area contributed by atoms with Crippen molar-refractivity contribution in [2.24, 2.45) is 0 Å². The van der Waals surface area contributed by atoms with Gasteiger partial charge in [0.25, 0.3) is 5.91 Å². The Morgan fingerprint density at radius 3 is 2.72 bits per heavy atom. The van der Waals surface area contributed by atoms with Crippen molar-refractivity contribution in [1.82, 2.24) is 24.8 Å². The summed E-state index contributed by atoms with van der Waals surface area (Å²) in [4.78, 5) is 20.0. The molecule has 0 aliphatic rings. The zero-order valence-electron chi connectivity index (χ0n) is 16.3. The summed E-state index contributed by atoms with van der Waals surface area (Å²) >= 11 is 1.56. The van der Waals surface area contributed by atoms with Gasteiger partial charge in [0.15, 0.2) is 5.82 Å². The first kappa shape index (κ1) is 19.1. The number of carbonyl (C=O) groups is 1. The van der Waals surface area contributed by atoms with Gasteiger partial charge in [0.1, 0.15) is 5.69 Å². The van der Waals surface area contributed by atoms with Crippen molar-refractivity contribution in [1.29, 1.82) is 0 Å². The van der Waals surface area contributed by atoms with Crippen LogP contribution in [-0.4, -0.2) is 37.8 Å². The van der Waals surface area contributed by atoms with Crippen LogP contribution in [-0.2, 0) is 19.5 Å². The van der Waals surface area contributed by atoms with Crippen molar-refractivity contribution < 1.29 is 9.32 Å². The molecule has 4 aromatic rings. The van der Waals surface area contributed by atoms with E-state index in [1.165, 1.54) is 0 Å². The van der Waals surface area contributed by atoms with Gasteiger partial charge in [-0.2, -0.15) is 10.1 Å². The number of aryl methyl sites for hydroxylation is 1. The molecule has 3 aromatic heterocycles. The molecule has 0 atom stereocenters. The molecule has 0 aliphatic heterocycles. The van der Waals surface area contributed by atoms with E-state index in [9.17, 15) is 4.79 Å². The lowest BCUT2D eigenvalue weighted by molar-refractivity contribution is 0.0770. The molecule has 0 aliphatic carbocycles. The van der Waals surface area contributed by atoms with Gasteiger partial charge in [0, 0.05) is 19.7 Å². The van der Waals surface area contributed by atoms with Gasteiger partial charge in [0.2, 0.25) is 5.89 Å². The van der Waals surface area contributed by atoms with E-state index in [2.05, 4.69) is 10.1 Å². The highest BCUT2D eigenvalue weighted by molar-refractivity contribution is 7.13. The van der Waals surface area contributed by atoms with Crippen molar-refractivity contribution >= 4 is 17.2 Å². The van der Waals surface area contributed by atoms with Crippen LogP contribution in [0.4, 0.5) is 0 Å². The number of nitrogens with zero attached hydrogens (tertiary/aromatic N) is 5. The highest BCUT2D eigenvalue weighted by Crippen LogP contribution is 2.28. The predicted molar refractivity (Wildman–Crippen MR) is 111 cm³/mol. The van der Waals surface area contributed by atoms with E-state index < -0.39 is 0 Å². The van der Waals surface area contributed by atoms with E-state index in [0.29, 0.717) is 35.9 Å². The molecule has 0 saturated carbocycles. The van der Waals surface area contributed by atoms with Gasteiger partial charge in [-0.15, -0.1) is 11.3 Å². The molecule has 8 heteroatoms. The van der Waals surface area contributed by atoms with E-state index in [-0.39, 0.29) is 12.5 Å². The Hall–Kier alpha value is -3.26. The summed E-state index contributed by atoms with van der Waals surface area (Å²) in [5.41, 5.74) is 2.37. The fourth-order valence-electron chi connectivity index (χ4n) is 3.00. The molecule has 148 valence electrons. The van der Waals surface area contributed by atoms with Crippen molar-refractivity contribution in [2.75, 3.05) is 7.05 Å². The number of rotatable bonds is 7. The summed E-state index contributed by atoms with van der Waals surface area (Å²) in [6, 6.07) is 14.0. The monoisotopic (exact) mass is 407 g/mol. The van der Waals surface area contributed by atoms with E-state index >= 15 is 0 Å². The fraction of sp³-hybridized carbons (Fsp3) is 0.238. The molecule has 1 aromatic carbocycles. The topological polar surface area (TPSA) is 77.0 Å². The Kier molecular flexibility index (Phi) is 5.53. The van der Waals surface area contributed by atoms with Gasteiger partial charge in [-0.25, -0.2) is 0 Å².